The number of hydrogen-bond donors (Lipinski definition) is 1. The zero-order chi connectivity index (χ0) is 11.6. The highest BCUT2D eigenvalue weighted by molar-refractivity contribution is 9.10. The van der Waals surface area contributed by atoms with Gasteiger partial charge in [-0.2, -0.15) is 0 Å². The number of hydrogen-bond acceptors (Lipinski definition) is 2. The lowest BCUT2D eigenvalue weighted by molar-refractivity contribution is -0.0999. The highest BCUT2D eigenvalue weighted by Crippen LogP contribution is 2.28. The van der Waals surface area contributed by atoms with E-state index in [0.29, 0.717) is 11.5 Å². The van der Waals surface area contributed by atoms with Crippen LogP contribution in [0.15, 0.2) is 28.7 Å². The van der Waals surface area contributed by atoms with Crippen LogP contribution in [-0.2, 0) is 4.74 Å². The fourth-order valence-electron chi connectivity index (χ4n) is 1.89. The zero-order valence-electron chi connectivity index (χ0n) is 9.79. The molecule has 2 rings (SSSR count). The van der Waals surface area contributed by atoms with Crippen LogP contribution in [0.2, 0.25) is 0 Å². The molecule has 1 saturated heterocycles. The molecule has 1 atom stereocenters. The molecule has 1 heterocycles. The van der Waals surface area contributed by atoms with Crippen molar-refractivity contribution in [2.24, 2.45) is 5.41 Å². The van der Waals surface area contributed by atoms with Gasteiger partial charge in [0.05, 0.1) is 13.2 Å². The van der Waals surface area contributed by atoms with Gasteiger partial charge in [0.2, 0.25) is 0 Å². The molecule has 0 bridgehead atoms. The van der Waals surface area contributed by atoms with Crippen LogP contribution in [0.3, 0.4) is 0 Å². The Morgan fingerprint density at radius 2 is 2.12 bits per heavy atom. The van der Waals surface area contributed by atoms with Crippen LogP contribution < -0.4 is 5.32 Å². The average molecular weight is 284 g/mol. The van der Waals surface area contributed by atoms with Crippen molar-refractivity contribution in [2.75, 3.05) is 19.8 Å². The van der Waals surface area contributed by atoms with Gasteiger partial charge in [-0.1, -0.05) is 41.1 Å². The van der Waals surface area contributed by atoms with Crippen LogP contribution >= 0.6 is 15.9 Å². The van der Waals surface area contributed by atoms with Gasteiger partial charge in [-0.15, -0.1) is 0 Å². The molecule has 1 fully saturated rings. The summed E-state index contributed by atoms with van der Waals surface area (Å²) in [5.41, 5.74) is 1.64. The number of nitrogens with one attached hydrogen (secondary N) is 1. The van der Waals surface area contributed by atoms with Crippen molar-refractivity contribution in [2.45, 2.75) is 19.9 Å². The fourth-order valence-corrected chi connectivity index (χ4v) is 2.52. The van der Waals surface area contributed by atoms with E-state index in [-0.39, 0.29) is 0 Å². The van der Waals surface area contributed by atoms with Crippen molar-refractivity contribution in [3.05, 3.63) is 34.3 Å². The Morgan fingerprint density at radius 3 is 2.69 bits per heavy atom. The molecule has 2 nitrogen and oxygen atoms in total. The second kappa shape index (κ2) is 4.86. The van der Waals surface area contributed by atoms with E-state index in [1.165, 1.54) is 10.0 Å². The second-order valence-corrected chi connectivity index (χ2v) is 5.78. The molecule has 1 aromatic rings. The minimum Gasteiger partial charge on any atom is -0.380 e. The van der Waals surface area contributed by atoms with Crippen molar-refractivity contribution in [3.63, 3.8) is 0 Å². The Balaban J connectivity index is 1.93. The van der Waals surface area contributed by atoms with Gasteiger partial charge in [-0.05, 0) is 18.6 Å². The van der Waals surface area contributed by atoms with Crippen molar-refractivity contribution in [1.82, 2.24) is 5.32 Å². The van der Waals surface area contributed by atoms with E-state index >= 15 is 0 Å². The van der Waals surface area contributed by atoms with E-state index in [1.807, 2.05) is 6.07 Å². The summed E-state index contributed by atoms with van der Waals surface area (Å²) in [6, 6.07) is 8.73. The first-order valence-electron chi connectivity index (χ1n) is 5.66. The molecule has 0 unspecified atom stereocenters. The molecule has 0 spiro atoms. The third-order valence-corrected chi connectivity index (χ3v) is 3.83. The Kier molecular flexibility index (Phi) is 3.67. The van der Waals surface area contributed by atoms with Crippen molar-refractivity contribution in [3.8, 4) is 0 Å². The topological polar surface area (TPSA) is 21.3 Å². The van der Waals surface area contributed by atoms with Gasteiger partial charge in [-0.3, -0.25) is 0 Å². The van der Waals surface area contributed by atoms with E-state index in [1.54, 1.807) is 0 Å². The molecule has 1 N–H and O–H groups in total. The lowest BCUT2D eigenvalue weighted by Crippen LogP contribution is -2.47. The van der Waals surface area contributed by atoms with Gasteiger partial charge >= 0.3 is 0 Å². The third kappa shape index (κ3) is 2.65. The average Bonchev–Trinajstić information content (AvgIpc) is 2.24. The lowest BCUT2D eigenvalue weighted by Gasteiger charge is -2.39. The predicted molar refractivity (Wildman–Crippen MR) is 69.5 cm³/mol. The minimum atomic E-state index is 0.329. The molecular weight excluding hydrogens is 266 g/mol. The Hall–Kier alpha value is -0.380. The largest absolute Gasteiger partial charge is 0.380 e. The number of halogens is 1. The quantitative estimate of drug-likeness (QED) is 0.917. The smallest absolute Gasteiger partial charge is 0.0554 e. The molecule has 1 aromatic carbocycles. The van der Waals surface area contributed by atoms with E-state index in [9.17, 15) is 0 Å². The highest BCUT2D eigenvalue weighted by atomic mass is 79.9. The predicted octanol–water partition coefficient (Wildman–Crippen LogP) is 3.14. The van der Waals surface area contributed by atoms with Crippen LogP contribution in [0, 0.1) is 5.41 Å². The Bertz CT molecular complexity index is 363. The van der Waals surface area contributed by atoms with Crippen molar-refractivity contribution < 1.29 is 4.74 Å². The Labute approximate surface area is 106 Å². The molecule has 0 saturated carbocycles. The normalized spacial score (nSPS) is 20.2. The Morgan fingerprint density at radius 1 is 1.44 bits per heavy atom. The maximum atomic E-state index is 5.25. The summed E-state index contributed by atoms with van der Waals surface area (Å²) < 4.78 is 6.42. The highest BCUT2D eigenvalue weighted by Gasteiger charge is 2.33. The molecule has 3 heteroatoms. The monoisotopic (exact) mass is 283 g/mol. The molecule has 0 aliphatic carbocycles. The SMILES string of the molecule is C[C@H](NCC1(C)COC1)c1ccccc1Br. The third-order valence-electron chi connectivity index (χ3n) is 3.11. The number of ether oxygens (including phenoxy) is 1. The fraction of sp³-hybridized carbons (Fsp3) is 0.538. The van der Waals surface area contributed by atoms with E-state index in [4.69, 9.17) is 4.74 Å². The van der Waals surface area contributed by atoms with Crippen LogP contribution in [0.4, 0.5) is 0 Å². The molecule has 0 aromatic heterocycles. The summed E-state index contributed by atoms with van der Waals surface area (Å²) >= 11 is 3.58. The van der Waals surface area contributed by atoms with E-state index in [2.05, 4.69) is 53.3 Å². The van der Waals surface area contributed by atoms with Crippen molar-refractivity contribution in [1.29, 1.82) is 0 Å². The van der Waals surface area contributed by atoms with Crippen LogP contribution in [0.5, 0.6) is 0 Å². The molecular formula is C13H18BrNO. The maximum Gasteiger partial charge on any atom is 0.0554 e. The summed E-state index contributed by atoms with van der Waals surface area (Å²) in [7, 11) is 0. The van der Waals surface area contributed by atoms with E-state index < -0.39 is 0 Å². The second-order valence-electron chi connectivity index (χ2n) is 4.93. The molecule has 0 radical (unpaired) electrons. The van der Waals surface area contributed by atoms with Gasteiger partial charge < -0.3 is 10.1 Å². The minimum absolute atomic E-state index is 0.329. The van der Waals surface area contributed by atoms with Crippen LogP contribution in [-0.4, -0.2) is 19.8 Å². The maximum absolute atomic E-state index is 5.25. The molecule has 1 aliphatic heterocycles. The summed E-state index contributed by atoms with van der Waals surface area (Å²) in [6.45, 7) is 7.22. The standard InChI is InChI=1S/C13H18BrNO/c1-10(11-5-3-4-6-12(11)14)15-7-13(2)8-16-9-13/h3-6,10,15H,7-9H2,1-2H3/t10-/m0/s1. The summed E-state index contributed by atoms with van der Waals surface area (Å²) in [6.07, 6.45) is 0. The first-order valence-corrected chi connectivity index (χ1v) is 6.46. The summed E-state index contributed by atoms with van der Waals surface area (Å²) in [5.74, 6) is 0. The molecule has 1 aliphatic rings. The molecule has 0 amide bonds. The van der Waals surface area contributed by atoms with Crippen molar-refractivity contribution >= 4 is 15.9 Å². The summed E-state index contributed by atoms with van der Waals surface area (Å²) in [5, 5.41) is 3.57. The van der Waals surface area contributed by atoms with Gasteiger partial charge in [0.25, 0.3) is 0 Å². The molecule has 88 valence electrons. The van der Waals surface area contributed by atoms with Crippen LogP contribution in [0.25, 0.3) is 0 Å². The van der Waals surface area contributed by atoms with Crippen LogP contribution in [0.1, 0.15) is 25.5 Å². The number of benzene rings is 1. The van der Waals surface area contributed by atoms with Gasteiger partial charge in [0, 0.05) is 22.5 Å². The molecule has 16 heavy (non-hydrogen) atoms. The van der Waals surface area contributed by atoms with E-state index in [0.717, 1.165) is 19.8 Å². The first kappa shape index (κ1) is 12.1. The zero-order valence-corrected chi connectivity index (χ0v) is 11.4. The van der Waals surface area contributed by atoms with Gasteiger partial charge in [0.15, 0.2) is 0 Å². The summed E-state index contributed by atoms with van der Waals surface area (Å²) in [4.78, 5) is 0. The van der Waals surface area contributed by atoms with Gasteiger partial charge in [-0.25, -0.2) is 0 Å². The van der Waals surface area contributed by atoms with Gasteiger partial charge in [0.1, 0.15) is 0 Å². The lowest BCUT2D eigenvalue weighted by atomic mass is 9.88. The number of rotatable bonds is 4. The first-order chi connectivity index (χ1) is 7.61.